The molecule has 0 radical (unpaired) electrons. The average molecular weight is 164 g/mol. The second kappa shape index (κ2) is 2.73. The van der Waals surface area contributed by atoms with Crippen molar-refractivity contribution in [3.8, 4) is 0 Å². The normalized spacial score (nSPS) is 16.4. The van der Waals surface area contributed by atoms with Gasteiger partial charge in [0, 0.05) is 13.2 Å². The van der Waals surface area contributed by atoms with Crippen LogP contribution >= 0.6 is 0 Å². The van der Waals surface area contributed by atoms with E-state index in [0.717, 1.165) is 29.9 Å². The van der Waals surface area contributed by atoms with E-state index in [1.807, 2.05) is 7.05 Å². The molecule has 64 valence electrons. The quantitative estimate of drug-likeness (QED) is 0.629. The van der Waals surface area contributed by atoms with Crippen LogP contribution in [-0.4, -0.2) is 16.1 Å². The summed E-state index contributed by atoms with van der Waals surface area (Å²) in [5.74, 6) is 0.790. The lowest BCUT2D eigenvalue weighted by molar-refractivity contribution is 0.112. The summed E-state index contributed by atoms with van der Waals surface area (Å²) in [4.78, 5) is 10.6. The maximum atomic E-state index is 10.6. The van der Waals surface area contributed by atoms with E-state index in [9.17, 15) is 4.79 Å². The van der Waals surface area contributed by atoms with Crippen LogP contribution in [0.1, 0.15) is 28.9 Å². The Bertz CT molecular complexity index is 299. The van der Waals surface area contributed by atoms with Crippen molar-refractivity contribution in [2.45, 2.75) is 19.3 Å². The van der Waals surface area contributed by atoms with E-state index >= 15 is 0 Å². The van der Waals surface area contributed by atoms with Crippen LogP contribution < -0.4 is 0 Å². The summed E-state index contributed by atoms with van der Waals surface area (Å²) >= 11 is 0. The molecule has 0 spiro atoms. The third kappa shape index (κ3) is 1.40. The molecular weight excluding hydrogens is 152 g/mol. The summed E-state index contributed by atoms with van der Waals surface area (Å²) in [5.41, 5.74) is 1.72. The number of carbonyl (C=O) groups is 1. The van der Waals surface area contributed by atoms with Gasteiger partial charge in [0.05, 0.1) is 11.3 Å². The Morgan fingerprint density at radius 2 is 2.50 bits per heavy atom. The molecular formula is C9H12N2O. The fourth-order valence-electron chi connectivity index (χ4n) is 1.41. The van der Waals surface area contributed by atoms with E-state index in [0.29, 0.717) is 0 Å². The summed E-state index contributed by atoms with van der Waals surface area (Å²) in [6.07, 6.45) is 6.26. The maximum Gasteiger partial charge on any atom is 0.153 e. The summed E-state index contributed by atoms with van der Waals surface area (Å²) in [7, 11) is 1.85. The number of hydrogen-bond acceptors (Lipinski definition) is 2. The highest BCUT2D eigenvalue weighted by molar-refractivity contribution is 5.75. The molecule has 1 heterocycles. The monoisotopic (exact) mass is 164 g/mol. The molecule has 1 saturated carbocycles. The van der Waals surface area contributed by atoms with Crippen LogP contribution in [0, 0.1) is 5.92 Å². The van der Waals surface area contributed by atoms with Crippen LogP contribution in [0.15, 0.2) is 6.20 Å². The molecule has 1 aliphatic carbocycles. The van der Waals surface area contributed by atoms with Crippen molar-refractivity contribution in [3.63, 3.8) is 0 Å². The summed E-state index contributed by atoms with van der Waals surface area (Å²) in [6.45, 7) is 0. The van der Waals surface area contributed by atoms with Gasteiger partial charge in [-0.1, -0.05) is 0 Å². The molecule has 0 amide bonds. The number of nitrogens with zero attached hydrogens (tertiary/aromatic N) is 2. The van der Waals surface area contributed by atoms with E-state index < -0.39 is 0 Å². The number of hydrogen-bond donors (Lipinski definition) is 0. The van der Waals surface area contributed by atoms with E-state index in [-0.39, 0.29) is 0 Å². The molecule has 3 nitrogen and oxygen atoms in total. The van der Waals surface area contributed by atoms with Crippen LogP contribution in [-0.2, 0) is 13.5 Å². The average Bonchev–Trinajstić information content (AvgIpc) is 2.76. The van der Waals surface area contributed by atoms with Crippen LogP contribution in [0.4, 0.5) is 0 Å². The maximum absolute atomic E-state index is 10.6. The zero-order chi connectivity index (χ0) is 8.55. The topological polar surface area (TPSA) is 34.9 Å². The Morgan fingerprint density at radius 1 is 1.75 bits per heavy atom. The van der Waals surface area contributed by atoms with Crippen LogP contribution in [0.3, 0.4) is 0 Å². The van der Waals surface area contributed by atoms with Gasteiger partial charge in [-0.15, -0.1) is 0 Å². The minimum atomic E-state index is 0.754. The van der Waals surface area contributed by atoms with Crippen molar-refractivity contribution in [2.75, 3.05) is 0 Å². The van der Waals surface area contributed by atoms with Crippen LogP contribution in [0.25, 0.3) is 0 Å². The Morgan fingerprint density at radius 3 is 3.08 bits per heavy atom. The zero-order valence-corrected chi connectivity index (χ0v) is 7.16. The van der Waals surface area contributed by atoms with Crippen molar-refractivity contribution in [1.29, 1.82) is 0 Å². The summed E-state index contributed by atoms with van der Waals surface area (Å²) in [6, 6.07) is 0. The van der Waals surface area contributed by atoms with Gasteiger partial charge in [0.25, 0.3) is 0 Å². The van der Waals surface area contributed by atoms with Crippen molar-refractivity contribution < 1.29 is 4.79 Å². The zero-order valence-electron chi connectivity index (χ0n) is 7.16. The number of aromatic nitrogens is 2. The molecule has 0 N–H and O–H groups in total. The highest BCUT2D eigenvalue weighted by Crippen LogP contribution is 2.32. The van der Waals surface area contributed by atoms with Crippen LogP contribution in [0.2, 0.25) is 0 Å². The van der Waals surface area contributed by atoms with Crippen LogP contribution in [0.5, 0.6) is 0 Å². The van der Waals surface area contributed by atoms with Gasteiger partial charge >= 0.3 is 0 Å². The molecule has 0 atom stereocenters. The van der Waals surface area contributed by atoms with Gasteiger partial charge in [-0.05, 0) is 25.2 Å². The van der Waals surface area contributed by atoms with Crippen molar-refractivity contribution >= 4 is 6.29 Å². The third-order valence-corrected chi connectivity index (χ3v) is 2.24. The lowest BCUT2D eigenvalue weighted by Crippen LogP contribution is -1.94. The third-order valence-electron chi connectivity index (χ3n) is 2.24. The van der Waals surface area contributed by atoms with E-state index in [1.54, 1.807) is 10.9 Å². The highest BCUT2D eigenvalue weighted by atomic mass is 16.1. The number of aryl methyl sites for hydroxylation is 1. The molecule has 0 bridgehead atoms. The van der Waals surface area contributed by atoms with Gasteiger partial charge < -0.3 is 0 Å². The van der Waals surface area contributed by atoms with E-state index in [4.69, 9.17) is 0 Å². The molecule has 0 saturated heterocycles. The minimum Gasteiger partial charge on any atom is -0.298 e. The summed E-state index contributed by atoms with van der Waals surface area (Å²) < 4.78 is 1.71. The van der Waals surface area contributed by atoms with Gasteiger partial charge in [0.2, 0.25) is 0 Å². The molecule has 3 heteroatoms. The first-order valence-electron chi connectivity index (χ1n) is 4.27. The van der Waals surface area contributed by atoms with Gasteiger partial charge in [-0.25, -0.2) is 0 Å². The number of aldehydes is 1. The SMILES string of the molecule is Cn1cc(C=O)c(CC2CC2)n1. The molecule has 12 heavy (non-hydrogen) atoms. The Kier molecular flexibility index (Phi) is 1.71. The molecule has 0 aliphatic heterocycles. The standard InChI is InChI=1S/C9H12N2O/c1-11-5-8(6-12)9(10-11)4-7-2-3-7/h5-7H,2-4H2,1H3. The van der Waals surface area contributed by atoms with Crippen molar-refractivity contribution in [3.05, 3.63) is 17.5 Å². The molecule has 1 fully saturated rings. The van der Waals surface area contributed by atoms with E-state index in [2.05, 4.69) is 5.10 Å². The van der Waals surface area contributed by atoms with Gasteiger partial charge in [-0.2, -0.15) is 5.10 Å². The first-order valence-corrected chi connectivity index (χ1v) is 4.27. The largest absolute Gasteiger partial charge is 0.298 e. The molecule has 1 aliphatic rings. The fraction of sp³-hybridized carbons (Fsp3) is 0.556. The second-order valence-electron chi connectivity index (χ2n) is 3.47. The minimum absolute atomic E-state index is 0.754. The lowest BCUT2D eigenvalue weighted by Gasteiger charge is -1.92. The predicted molar refractivity (Wildman–Crippen MR) is 45.0 cm³/mol. The first kappa shape index (κ1) is 7.53. The first-order chi connectivity index (χ1) is 5.79. The van der Waals surface area contributed by atoms with Gasteiger partial charge in [-0.3, -0.25) is 9.48 Å². The van der Waals surface area contributed by atoms with Crippen molar-refractivity contribution in [1.82, 2.24) is 9.78 Å². The molecule has 1 aromatic rings. The Hall–Kier alpha value is -1.12. The summed E-state index contributed by atoms with van der Waals surface area (Å²) in [5, 5.41) is 4.25. The lowest BCUT2D eigenvalue weighted by atomic mass is 10.1. The molecule has 0 aromatic carbocycles. The molecule has 2 rings (SSSR count). The molecule has 1 aromatic heterocycles. The Balaban J connectivity index is 2.20. The highest BCUT2D eigenvalue weighted by Gasteiger charge is 2.23. The number of carbonyl (C=O) groups excluding carboxylic acids is 1. The van der Waals surface area contributed by atoms with Gasteiger partial charge in [0.15, 0.2) is 6.29 Å². The smallest absolute Gasteiger partial charge is 0.153 e. The van der Waals surface area contributed by atoms with Crippen molar-refractivity contribution in [2.24, 2.45) is 13.0 Å². The second-order valence-corrected chi connectivity index (χ2v) is 3.47. The van der Waals surface area contributed by atoms with Gasteiger partial charge in [0.1, 0.15) is 0 Å². The Labute approximate surface area is 71.4 Å². The predicted octanol–water partition coefficient (Wildman–Crippen LogP) is 1.19. The van der Waals surface area contributed by atoms with E-state index in [1.165, 1.54) is 12.8 Å². The fourth-order valence-corrected chi connectivity index (χ4v) is 1.41. The molecule has 0 unspecified atom stereocenters. The number of rotatable bonds is 3.